The lowest BCUT2D eigenvalue weighted by atomic mass is 10.1. The molecule has 1 aliphatic rings. The van der Waals surface area contributed by atoms with Crippen LogP contribution in [-0.2, 0) is 4.74 Å². The van der Waals surface area contributed by atoms with Gasteiger partial charge in [0.1, 0.15) is 5.60 Å². The molecule has 0 spiro atoms. The minimum Gasteiger partial charge on any atom is -0.454 e. The molecule has 6 heteroatoms. The molecule has 1 aromatic carbocycles. The van der Waals surface area contributed by atoms with Gasteiger partial charge in [-0.15, -0.1) is 0 Å². The Bertz CT molecular complexity index is 534. The summed E-state index contributed by atoms with van der Waals surface area (Å²) in [4.78, 5) is 11.5. The van der Waals surface area contributed by atoms with Crippen LogP contribution in [0.15, 0.2) is 24.8 Å². The first kappa shape index (κ1) is 14.0. The van der Waals surface area contributed by atoms with Crippen molar-refractivity contribution in [3.05, 3.63) is 30.3 Å². The number of ether oxygens (including phenoxy) is 3. The predicted molar refractivity (Wildman–Crippen MR) is 74.1 cm³/mol. The van der Waals surface area contributed by atoms with Crippen LogP contribution in [0.3, 0.4) is 0 Å². The van der Waals surface area contributed by atoms with Crippen LogP contribution in [0.4, 0.5) is 4.79 Å². The van der Waals surface area contributed by atoms with E-state index in [0.29, 0.717) is 17.2 Å². The summed E-state index contributed by atoms with van der Waals surface area (Å²) in [5.74, 6) is 1.35. The highest BCUT2D eigenvalue weighted by molar-refractivity contribution is 5.71. The first-order valence-electron chi connectivity index (χ1n) is 6.19. The number of nitrogens with one attached hydrogen (secondary N) is 2. The molecule has 1 amide bonds. The predicted octanol–water partition coefficient (Wildman–Crippen LogP) is 2.42. The van der Waals surface area contributed by atoms with Crippen molar-refractivity contribution in [3.8, 4) is 11.5 Å². The van der Waals surface area contributed by atoms with E-state index in [4.69, 9.17) is 14.2 Å². The molecule has 1 aromatic rings. The fourth-order valence-electron chi connectivity index (χ4n) is 1.59. The second-order valence-electron chi connectivity index (χ2n) is 5.30. The van der Waals surface area contributed by atoms with Gasteiger partial charge >= 0.3 is 6.09 Å². The molecule has 0 radical (unpaired) electrons. The van der Waals surface area contributed by atoms with Crippen molar-refractivity contribution in [2.45, 2.75) is 26.4 Å². The van der Waals surface area contributed by atoms with Crippen LogP contribution in [0, 0.1) is 0 Å². The van der Waals surface area contributed by atoms with Gasteiger partial charge in [-0.2, -0.15) is 0 Å². The van der Waals surface area contributed by atoms with Crippen molar-refractivity contribution in [1.29, 1.82) is 0 Å². The third-order valence-electron chi connectivity index (χ3n) is 2.44. The fraction of sp³-hybridized carbons (Fsp3) is 0.357. The fourth-order valence-corrected chi connectivity index (χ4v) is 1.59. The van der Waals surface area contributed by atoms with E-state index in [1.807, 2.05) is 6.07 Å². The first-order valence-corrected chi connectivity index (χ1v) is 6.19. The quantitative estimate of drug-likeness (QED) is 0.831. The number of hydrogen-bond acceptors (Lipinski definition) is 5. The Hall–Kier alpha value is -2.37. The highest BCUT2D eigenvalue weighted by Gasteiger charge is 2.17. The normalized spacial score (nSPS) is 12.8. The molecule has 0 unspecified atom stereocenters. The molecule has 2 N–H and O–H groups in total. The maximum absolute atomic E-state index is 11.5. The average molecular weight is 278 g/mol. The molecule has 0 atom stereocenters. The van der Waals surface area contributed by atoms with Crippen molar-refractivity contribution in [2.75, 3.05) is 6.79 Å². The van der Waals surface area contributed by atoms with E-state index in [1.165, 1.54) is 0 Å². The van der Waals surface area contributed by atoms with E-state index < -0.39 is 11.7 Å². The summed E-state index contributed by atoms with van der Waals surface area (Å²) in [7, 11) is 0. The summed E-state index contributed by atoms with van der Waals surface area (Å²) in [6, 6.07) is 5.39. The van der Waals surface area contributed by atoms with Crippen molar-refractivity contribution >= 4 is 11.8 Å². The molecule has 0 bridgehead atoms. The number of benzene rings is 1. The lowest BCUT2D eigenvalue weighted by Crippen LogP contribution is -2.40. The van der Waals surface area contributed by atoms with Gasteiger partial charge < -0.3 is 14.2 Å². The molecule has 0 aliphatic carbocycles. The highest BCUT2D eigenvalue weighted by atomic mass is 16.7. The second-order valence-corrected chi connectivity index (χ2v) is 5.30. The Morgan fingerprint density at radius 3 is 2.65 bits per heavy atom. The molecular weight excluding hydrogens is 260 g/mol. The molecular formula is C14H18N2O4. The summed E-state index contributed by atoms with van der Waals surface area (Å²) in [5, 5.41) is 0. The van der Waals surface area contributed by atoms with Crippen LogP contribution in [-0.4, -0.2) is 18.5 Å². The zero-order chi connectivity index (χ0) is 14.8. The van der Waals surface area contributed by atoms with E-state index in [2.05, 4.69) is 17.4 Å². The van der Waals surface area contributed by atoms with E-state index in [0.717, 1.165) is 5.56 Å². The Labute approximate surface area is 117 Å². The summed E-state index contributed by atoms with van der Waals surface area (Å²) in [6.07, 6.45) is -0.570. The van der Waals surface area contributed by atoms with Crippen molar-refractivity contribution in [3.63, 3.8) is 0 Å². The van der Waals surface area contributed by atoms with Gasteiger partial charge in [0.15, 0.2) is 11.5 Å². The highest BCUT2D eigenvalue weighted by Crippen LogP contribution is 2.33. The Balaban J connectivity index is 1.91. The molecule has 20 heavy (non-hydrogen) atoms. The summed E-state index contributed by atoms with van der Waals surface area (Å²) in [6.45, 7) is 9.43. The molecule has 6 nitrogen and oxygen atoms in total. The van der Waals surface area contributed by atoms with Crippen LogP contribution >= 0.6 is 0 Å². The molecule has 0 fully saturated rings. The lowest BCUT2D eigenvalue weighted by Gasteiger charge is -2.20. The Kier molecular flexibility index (Phi) is 3.74. The zero-order valence-electron chi connectivity index (χ0n) is 11.8. The molecule has 0 saturated heterocycles. The summed E-state index contributed by atoms with van der Waals surface area (Å²) in [5.41, 5.74) is 5.87. The van der Waals surface area contributed by atoms with Gasteiger partial charge in [0.2, 0.25) is 6.79 Å². The van der Waals surface area contributed by atoms with Crippen LogP contribution in [0.2, 0.25) is 0 Å². The number of rotatable bonds is 3. The van der Waals surface area contributed by atoms with Crippen LogP contribution < -0.4 is 20.3 Å². The van der Waals surface area contributed by atoms with E-state index >= 15 is 0 Å². The van der Waals surface area contributed by atoms with Gasteiger partial charge in [-0.05, 0) is 39.0 Å². The third kappa shape index (κ3) is 3.57. The molecule has 1 heterocycles. The zero-order valence-corrected chi connectivity index (χ0v) is 11.8. The number of hydrazine groups is 1. The minimum absolute atomic E-state index is 0.217. The first-order chi connectivity index (χ1) is 9.35. The minimum atomic E-state index is -0.570. The number of carbonyl (C=O) groups excluding carboxylic acids is 1. The van der Waals surface area contributed by atoms with Crippen LogP contribution in [0.1, 0.15) is 26.3 Å². The Morgan fingerprint density at radius 1 is 1.25 bits per heavy atom. The maximum Gasteiger partial charge on any atom is 0.426 e. The maximum atomic E-state index is 11.5. The number of hydrogen-bond donors (Lipinski definition) is 2. The smallest absolute Gasteiger partial charge is 0.426 e. The number of amides is 1. The molecule has 0 aromatic heterocycles. The second kappa shape index (κ2) is 5.32. The number of carbonyl (C=O) groups is 1. The van der Waals surface area contributed by atoms with Crippen molar-refractivity contribution < 1.29 is 19.0 Å². The summed E-state index contributed by atoms with van der Waals surface area (Å²) >= 11 is 0. The molecule has 0 saturated carbocycles. The van der Waals surface area contributed by atoms with Gasteiger partial charge in [-0.1, -0.05) is 6.58 Å². The number of fused-ring (bicyclic) bond motifs is 1. The monoisotopic (exact) mass is 278 g/mol. The Morgan fingerprint density at radius 2 is 1.95 bits per heavy atom. The summed E-state index contributed by atoms with van der Waals surface area (Å²) < 4.78 is 15.6. The van der Waals surface area contributed by atoms with E-state index in [-0.39, 0.29) is 6.79 Å². The van der Waals surface area contributed by atoms with Crippen LogP contribution in [0.5, 0.6) is 11.5 Å². The topological polar surface area (TPSA) is 68.8 Å². The molecule has 1 aliphatic heterocycles. The molecule has 108 valence electrons. The average Bonchev–Trinajstić information content (AvgIpc) is 2.80. The van der Waals surface area contributed by atoms with Gasteiger partial charge in [0.05, 0.1) is 5.70 Å². The van der Waals surface area contributed by atoms with Gasteiger partial charge in [0.25, 0.3) is 0 Å². The lowest BCUT2D eigenvalue weighted by molar-refractivity contribution is 0.0511. The SMILES string of the molecule is C=C(NNC(=O)OC(C)(C)C)c1ccc2c(c1)OCO2. The van der Waals surface area contributed by atoms with E-state index in [1.54, 1.807) is 32.9 Å². The van der Waals surface area contributed by atoms with Gasteiger partial charge in [0, 0.05) is 5.56 Å². The van der Waals surface area contributed by atoms with Crippen molar-refractivity contribution in [2.24, 2.45) is 0 Å². The standard InChI is InChI=1S/C14H18N2O4/c1-9(15-16-13(17)20-14(2,3)4)10-5-6-11-12(7-10)19-8-18-11/h5-7,15H,1,8H2,2-4H3,(H,16,17). The van der Waals surface area contributed by atoms with E-state index in [9.17, 15) is 4.79 Å². The largest absolute Gasteiger partial charge is 0.454 e. The van der Waals surface area contributed by atoms with Gasteiger partial charge in [-0.3, -0.25) is 5.43 Å². The van der Waals surface area contributed by atoms with Crippen LogP contribution in [0.25, 0.3) is 5.70 Å². The van der Waals surface area contributed by atoms with Crippen molar-refractivity contribution in [1.82, 2.24) is 10.9 Å². The third-order valence-corrected chi connectivity index (χ3v) is 2.44. The van der Waals surface area contributed by atoms with Gasteiger partial charge in [-0.25, -0.2) is 10.2 Å². The molecule has 2 rings (SSSR count).